The molecule has 0 saturated carbocycles. The van der Waals surface area contributed by atoms with Crippen LogP contribution < -0.4 is 5.69 Å². The SMILES string of the molecule is Cn1c(=O)n(Cc2cccc(C(=O)O)c2)c2ccccc21. The van der Waals surface area contributed by atoms with Crippen molar-refractivity contribution in [1.29, 1.82) is 0 Å². The molecule has 0 fully saturated rings. The van der Waals surface area contributed by atoms with Crippen molar-refractivity contribution in [2.24, 2.45) is 7.05 Å². The Morgan fingerprint density at radius 2 is 1.81 bits per heavy atom. The van der Waals surface area contributed by atoms with Gasteiger partial charge in [0.15, 0.2) is 0 Å². The van der Waals surface area contributed by atoms with Gasteiger partial charge in [0.25, 0.3) is 0 Å². The summed E-state index contributed by atoms with van der Waals surface area (Å²) in [7, 11) is 1.73. The minimum absolute atomic E-state index is 0.114. The lowest BCUT2D eigenvalue weighted by atomic mass is 10.1. The van der Waals surface area contributed by atoms with Gasteiger partial charge in [-0.3, -0.25) is 9.13 Å². The zero-order chi connectivity index (χ0) is 15.0. The normalized spacial score (nSPS) is 10.9. The summed E-state index contributed by atoms with van der Waals surface area (Å²) < 4.78 is 3.24. The van der Waals surface area contributed by atoms with Crippen molar-refractivity contribution in [2.75, 3.05) is 0 Å². The Bertz CT molecular complexity index is 890. The molecule has 1 N–H and O–H groups in total. The number of fused-ring (bicyclic) bond motifs is 1. The molecule has 0 aliphatic heterocycles. The molecule has 0 unspecified atom stereocenters. The molecule has 0 aliphatic carbocycles. The van der Waals surface area contributed by atoms with Crippen LogP contribution in [-0.2, 0) is 13.6 Å². The Kier molecular flexibility index (Phi) is 3.10. The average Bonchev–Trinajstić information content (AvgIpc) is 2.73. The fourth-order valence-corrected chi connectivity index (χ4v) is 2.50. The van der Waals surface area contributed by atoms with Gasteiger partial charge in [-0.15, -0.1) is 0 Å². The molecule has 0 saturated heterocycles. The Hall–Kier alpha value is -2.82. The molecule has 0 aliphatic rings. The van der Waals surface area contributed by atoms with Crippen molar-refractivity contribution in [3.63, 3.8) is 0 Å². The topological polar surface area (TPSA) is 64.2 Å². The molecule has 0 atom stereocenters. The van der Waals surface area contributed by atoms with Crippen LogP contribution >= 0.6 is 0 Å². The van der Waals surface area contributed by atoms with Gasteiger partial charge in [0, 0.05) is 7.05 Å². The van der Waals surface area contributed by atoms with Crippen LogP contribution in [-0.4, -0.2) is 20.2 Å². The van der Waals surface area contributed by atoms with E-state index in [1.165, 1.54) is 6.07 Å². The number of carbonyl (C=O) groups is 1. The number of benzene rings is 2. The van der Waals surface area contributed by atoms with Crippen molar-refractivity contribution in [1.82, 2.24) is 9.13 Å². The van der Waals surface area contributed by atoms with Gasteiger partial charge in [-0.25, -0.2) is 9.59 Å². The number of carboxylic acid groups (broad SMARTS) is 1. The summed E-state index contributed by atoms with van der Waals surface area (Å²) in [4.78, 5) is 23.3. The summed E-state index contributed by atoms with van der Waals surface area (Å²) >= 11 is 0. The number of hydrogen-bond acceptors (Lipinski definition) is 2. The molecule has 1 heterocycles. The van der Waals surface area contributed by atoms with E-state index in [4.69, 9.17) is 5.11 Å². The van der Waals surface area contributed by atoms with Gasteiger partial charge in [-0.1, -0.05) is 24.3 Å². The number of aromatic nitrogens is 2. The second-order valence-electron chi connectivity index (χ2n) is 4.92. The minimum atomic E-state index is -0.970. The molecule has 3 rings (SSSR count). The van der Waals surface area contributed by atoms with Crippen LogP contribution in [0.2, 0.25) is 0 Å². The molecule has 2 aromatic carbocycles. The molecule has 106 valence electrons. The zero-order valence-electron chi connectivity index (χ0n) is 11.5. The van der Waals surface area contributed by atoms with Gasteiger partial charge in [-0.05, 0) is 29.8 Å². The first kappa shape index (κ1) is 13.2. The van der Waals surface area contributed by atoms with Crippen LogP contribution in [0.3, 0.4) is 0 Å². The van der Waals surface area contributed by atoms with E-state index in [-0.39, 0.29) is 11.3 Å². The molecule has 0 spiro atoms. The van der Waals surface area contributed by atoms with E-state index in [9.17, 15) is 9.59 Å². The summed E-state index contributed by atoms with van der Waals surface area (Å²) in [6, 6.07) is 14.2. The lowest BCUT2D eigenvalue weighted by Crippen LogP contribution is -2.22. The van der Waals surface area contributed by atoms with Crippen molar-refractivity contribution in [3.05, 3.63) is 70.1 Å². The quantitative estimate of drug-likeness (QED) is 0.800. The van der Waals surface area contributed by atoms with E-state index in [0.717, 1.165) is 16.6 Å². The second kappa shape index (κ2) is 4.94. The summed E-state index contributed by atoms with van der Waals surface area (Å²) in [6.45, 7) is 0.349. The maximum Gasteiger partial charge on any atom is 0.335 e. The number of hydrogen-bond donors (Lipinski definition) is 1. The maximum atomic E-state index is 12.3. The summed E-state index contributed by atoms with van der Waals surface area (Å²) in [6.07, 6.45) is 0. The highest BCUT2D eigenvalue weighted by Gasteiger charge is 2.11. The summed E-state index contributed by atoms with van der Waals surface area (Å²) in [5.74, 6) is -0.970. The maximum absolute atomic E-state index is 12.3. The van der Waals surface area contributed by atoms with Gasteiger partial charge in [0.05, 0.1) is 23.1 Å². The Morgan fingerprint density at radius 3 is 2.52 bits per heavy atom. The molecule has 5 nitrogen and oxygen atoms in total. The first-order valence-corrected chi connectivity index (χ1v) is 6.54. The predicted octanol–water partition coefficient (Wildman–Crippen LogP) is 2.09. The zero-order valence-corrected chi connectivity index (χ0v) is 11.5. The third-order valence-electron chi connectivity index (χ3n) is 3.57. The molecular formula is C16H14N2O3. The van der Waals surface area contributed by atoms with Crippen molar-refractivity contribution >= 4 is 17.0 Å². The van der Waals surface area contributed by atoms with E-state index in [1.807, 2.05) is 30.3 Å². The van der Waals surface area contributed by atoms with Crippen LogP contribution in [0.15, 0.2) is 53.3 Å². The Labute approximate surface area is 120 Å². The van der Waals surface area contributed by atoms with Gasteiger partial charge in [-0.2, -0.15) is 0 Å². The summed E-state index contributed by atoms with van der Waals surface area (Å²) in [5, 5.41) is 9.03. The lowest BCUT2D eigenvalue weighted by molar-refractivity contribution is 0.0696. The number of aryl methyl sites for hydroxylation is 1. The summed E-state index contributed by atoms with van der Waals surface area (Å²) in [5.41, 5.74) is 2.59. The molecular weight excluding hydrogens is 268 g/mol. The number of para-hydroxylation sites is 2. The molecule has 1 aromatic heterocycles. The molecule has 0 bridgehead atoms. The van der Waals surface area contributed by atoms with E-state index in [0.29, 0.717) is 6.54 Å². The third kappa shape index (κ3) is 2.23. The van der Waals surface area contributed by atoms with Crippen LogP contribution in [0.1, 0.15) is 15.9 Å². The average molecular weight is 282 g/mol. The highest BCUT2D eigenvalue weighted by atomic mass is 16.4. The number of aromatic carboxylic acids is 1. The molecule has 0 radical (unpaired) electrons. The Morgan fingerprint density at radius 1 is 1.10 bits per heavy atom. The van der Waals surface area contributed by atoms with E-state index in [1.54, 1.807) is 28.3 Å². The van der Waals surface area contributed by atoms with Crippen LogP contribution in [0, 0.1) is 0 Å². The van der Waals surface area contributed by atoms with E-state index in [2.05, 4.69) is 0 Å². The second-order valence-corrected chi connectivity index (χ2v) is 4.92. The standard InChI is InChI=1S/C16H14N2O3/c1-17-13-7-2-3-8-14(13)18(16(17)21)10-11-5-4-6-12(9-11)15(19)20/h2-9H,10H2,1H3,(H,19,20). The molecule has 21 heavy (non-hydrogen) atoms. The van der Waals surface area contributed by atoms with Crippen LogP contribution in [0.5, 0.6) is 0 Å². The first-order chi connectivity index (χ1) is 10.1. The van der Waals surface area contributed by atoms with E-state index < -0.39 is 5.97 Å². The van der Waals surface area contributed by atoms with Gasteiger partial charge in [0.1, 0.15) is 0 Å². The highest BCUT2D eigenvalue weighted by molar-refractivity contribution is 5.87. The number of rotatable bonds is 3. The fourth-order valence-electron chi connectivity index (χ4n) is 2.50. The molecule has 5 heteroatoms. The van der Waals surface area contributed by atoms with Gasteiger partial charge < -0.3 is 5.11 Å². The van der Waals surface area contributed by atoms with Gasteiger partial charge in [0.2, 0.25) is 0 Å². The first-order valence-electron chi connectivity index (χ1n) is 6.54. The number of imidazole rings is 1. The smallest absolute Gasteiger partial charge is 0.335 e. The van der Waals surface area contributed by atoms with Gasteiger partial charge >= 0.3 is 11.7 Å². The van der Waals surface area contributed by atoms with Crippen molar-refractivity contribution in [2.45, 2.75) is 6.54 Å². The lowest BCUT2D eigenvalue weighted by Gasteiger charge is -2.04. The molecule has 0 amide bonds. The predicted molar refractivity (Wildman–Crippen MR) is 79.7 cm³/mol. The van der Waals surface area contributed by atoms with Crippen molar-refractivity contribution in [3.8, 4) is 0 Å². The van der Waals surface area contributed by atoms with Crippen molar-refractivity contribution < 1.29 is 9.90 Å². The Balaban J connectivity index is 2.10. The number of nitrogens with zero attached hydrogens (tertiary/aromatic N) is 2. The minimum Gasteiger partial charge on any atom is -0.478 e. The number of carboxylic acids is 1. The van der Waals surface area contributed by atoms with E-state index >= 15 is 0 Å². The largest absolute Gasteiger partial charge is 0.478 e. The third-order valence-corrected chi connectivity index (χ3v) is 3.57. The highest BCUT2D eigenvalue weighted by Crippen LogP contribution is 2.14. The van der Waals surface area contributed by atoms with Crippen LogP contribution in [0.25, 0.3) is 11.0 Å². The monoisotopic (exact) mass is 282 g/mol. The van der Waals surface area contributed by atoms with Crippen LogP contribution in [0.4, 0.5) is 0 Å². The fraction of sp³-hybridized carbons (Fsp3) is 0.125. The molecule has 3 aromatic rings.